The van der Waals surface area contributed by atoms with Gasteiger partial charge in [0.25, 0.3) is 0 Å². The van der Waals surface area contributed by atoms with Crippen LogP contribution in [0.2, 0.25) is 0 Å². The zero-order valence-electron chi connectivity index (χ0n) is 17.5. The first-order chi connectivity index (χ1) is 13.6. The third kappa shape index (κ3) is 5.45. The van der Waals surface area contributed by atoms with Crippen molar-refractivity contribution in [2.75, 3.05) is 0 Å². The van der Waals surface area contributed by atoms with E-state index in [1.54, 1.807) is 20.8 Å². The standard InChI is InChI=1S/C22H32N2O4S/c1-22(2,3)29(27,28)24-18-13-11-17(12-14-18)21(26)23-19(20(25)16-9-10-16)15-7-5-4-6-8-15/h4-8,16-19,24H,9-14H2,1-3H3,(H,23,26)/t17?,18?,19-/m1/s1. The molecule has 0 saturated heterocycles. The van der Waals surface area contributed by atoms with Gasteiger partial charge in [-0.25, -0.2) is 13.1 Å². The predicted octanol–water partition coefficient (Wildman–Crippen LogP) is 3.10. The predicted molar refractivity (Wildman–Crippen MR) is 113 cm³/mol. The van der Waals surface area contributed by atoms with Crippen LogP contribution in [0.15, 0.2) is 30.3 Å². The van der Waals surface area contributed by atoms with Crippen LogP contribution in [-0.2, 0) is 19.6 Å². The van der Waals surface area contributed by atoms with E-state index in [0.717, 1.165) is 18.4 Å². The van der Waals surface area contributed by atoms with Crippen LogP contribution >= 0.6 is 0 Å². The molecule has 160 valence electrons. The van der Waals surface area contributed by atoms with Gasteiger partial charge in [-0.15, -0.1) is 0 Å². The molecule has 6 nitrogen and oxygen atoms in total. The molecule has 2 aliphatic rings. The molecule has 0 bridgehead atoms. The Kier molecular flexibility index (Phi) is 6.48. The fourth-order valence-corrected chi connectivity index (χ4v) is 4.73. The highest BCUT2D eigenvalue weighted by Gasteiger charge is 2.38. The molecule has 0 aromatic heterocycles. The van der Waals surface area contributed by atoms with Crippen molar-refractivity contribution in [2.24, 2.45) is 11.8 Å². The van der Waals surface area contributed by atoms with Crippen LogP contribution in [0.3, 0.4) is 0 Å². The van der Waals surface area contributed by atoms with Crippen LogP contribution in [-0.4, -0.2) is 30.9 Å². The summed E-state index contributed by atoms with van der Waals surface area (Å²) in [4.78, 5) is 25.6. The molecule has 0 unspecified atom stereocenters. The van der Waals surface area contributed by atoms with Crippen molar-refractivity contribution in [1.82, 2.24) is 10.0 Å². The lowest BCUT2D eigenvalue weighted by atomic mass is 9.85. The molecule has 0 spiro atoms. The van der Waals surface area contributed by atoms with Crippen molar-refractivity contribution in [3.63, 3.8) is 0 Å². The first kappa shape index (κ1) is 22.0. The minimum absolute atomic E-state index is 0.0584. The van der Waals surface area contributed by atoms with E-state index in [1.165, 1.54) is 0 Å². The van der Waals surface area contributed by atoms with Gasteiger partial charge in [-0.1, -0.05) is 30.3 Å². The molecule has 2 N–H and O–H groups in total. The average Bonchev–Trinajstić information content (AvgIpc) is 3.51. The number of benzene rings is 1. The Hall–Kier alpha value is -1.73. The van der Waals surface area contributed by atoms with Crippen LogP contribution < -0.4 is 10.0 Å². The molecule has 3 rings (SSSR count). The van der Waals surface area contributed by atoms with E-state index < -0.39 is 20.8 Å². The molecule has 0 radical (unpaired) electrons. The lowest BCUT2D eigenvalue weighted by Crippen LogP contribution is -2.47. The summed E-state index contributed by atoms with van der Waals surface area (Å²) in [5, 5.41) is 2.98. The van der Waals surface area contributed by atoms with Gasteiger partial charge in [0.2, 0.25) is 15.9 Å². The number of hydrogen-bond acceptors (Lipinski definition) is 4. The second kappa shape index (κ2) is 8.56. The summed E-state index contributed by atoms with van der Waals surface area (Å²) in [5.41, 5.74) is 0.823. The summed E-state index contributed by atoms with van der Waals surface area (Å²) >= 11 is 0. The van der Waals surface area contributed by atoms with Gasteiger partial charge in [-0.05, 0) is 64.9 Å². The number of amides is 1. The maximum atomic E-state index is 12.9. The van der Waals surface area contributed by atoms with E-state index in [1.807, 2.05) is 30.3 Å². The number of ketones is 1. The van der Waals surface area contributed by atoms with E-state index in [2.05, 4.69) is 10.0 Å². The zero-order valence-corrected chi connectivity index (χ0v) is 18.3. The minimum atomic E-state index is -3.40. The Morgan fingerprint density at radius 3 is 2.00 bits per heavy atom. The van der Waals surface area contributed by atoms with Crippen LogP contribution in [0.5, 0.6) is 0 Å². The molecule has 2 aliphatic carbocycles. The van der Waals surface area contributed by atoms with E-state index in [4.69, 9.17) is 0 Å². The van der Waals surface area contributed by atoms with E-state index in [0.29, 0.717) is 25.7 Å². The number of rotatable bonds is 7. The molecule has 2 saturated carbocycles. The van der Waals surface area contributed by atoms with Crippen molar-refractivity contribution in [1.29, 1.82) is 0 Å². The van der Waals surface area contributed by atoms with Crippen molar-refractivity contribution in [2.45, 2.75) is 76.1 Å². The lowest BCUT2D eigenvalue weighted by molar-refractivity contribution is -0.131. The Labute approximate surface area is 173 Å². The van der Waals surface area contributed by atoms with Gasteiger partial charge >= 0.3 is 0 Å². The number of carbonyl (C=O) groups excluding carboxylic acids is 2. The summed E-state index contributed by atoms with van der Waals surface area (Å²) in [7, 11) is -3.40. The third-order valence-corrected chi connectivity index (χ3v) is 8.17. The normalized spacial score (nSPS) is 24.0. The van der Waals surface area contributed by atoms with Crippen molar-refractivity contribution in [3.05, 3.63) is 35.9 Å². The molecular weight excluding hydrogens is 388 g/mol. The number of Topliss-reactive ketones (excluding diaryl/α,β-unsaturated/α-hetero) is 1. The molecule has 1 amide bonds. The Bertz CT molecular complexity index is 833. The van der Waals surface area contributed by atoms with Gasteiger partial charge in [-0.2, -0.15) is 0 Å². The van der Waals surface area contributed by atoms with Crippen LogP contribution in [0.4, 0.5) is 0 Å². The summed E-state index contributed by atoms with van der Waals surface area (Å²) in [6, 6.07) is 8.67. The summed E-state index contributed by atoms with van der Waals surface area (Å²) < 4.78 is 26.6. The first-order valence-corrected chi connectivity index (χ1v) is 12.0. The molecular formula is C22H32N2O4S. The van der Waals surface area contributed by atoms with Gasteiger partial charge in [0, 0.05) is 17.9 Å². The van der Waals surface area contributed by atoms with Crippen LogP contribution in [0, 0.1) is 11.8 Å². The molecule has 1 aromatic rings. The topological polar surface area (TPSA) is 92.3 Å². The highest BCUT2D eigenvalue weighted by Crippen LogP contribution is 2.35. The Morgan fingerprint density at radius 1 is 0.931 bits per heavy atom. The molecule has 7 heteroatoms. The van der Waals surface area contributed by atoms with E-state index in [9.17, 15) is 18.0 Å². The second-order valence-corrected chi connectivity index (χ2v) is 11.8. The summed E-state index contributed by atoms with van der Waals surface area (Å²) in [6.45, 7) is 5.03. The molecule has 1 aromatic carbocycles. The fraction of sp³-hybridized carbons (Fsp3) is 0.636. The largest absolute Gasteiger partial charge is 0.342 e. The molecule has 0 heterocycles. The molecule has 1 atom stereocenters. The van der Waals surface area contributed by atoms with Crippen molar-refractivity contribution in [3.8, 4) is 0 Å². The van der Waals surface area contributed by atoms with Crippen molar-refractivity contribution >= 4 is 21.7 Å². The SMILES string of the molecule is CC(C)(C)S(=O)(=O)NC1CCC(C(=O)N[C@@H](C(=O)C2CC2)c2ccccc2)CC1. The summed E-state index contributed by atoms with van der Waals surface area (Å²) in [5.74, 6) is -0.146. The lowest BCUT2D eigenvalue weighted by Gasteiger charge is -2.31. The number of hydrogen-bond donors (Lipinski definition) is 2. The van der Waals surface area contributed by atoms with Crippen molar-refractivity contribution < 1.29 is 18.0 Å². The van der Waals surface area contributed by atoms with Gasteiger partial charge in [0.15, 0.2) is 5.78 Å². The quantitative estimate of drug-likeness (QED) is 0.709. The Balaban J connectivity index is 1.59. The van der Waals surface area contributed by atoms with Gasteiger partial charge < -0.3 is 5.32 Å². The van der Waals surface area contributed by atoms with E-state index in [-0.39, 0.29) is 29.6 Å². The Morgan fingerprint density at radius 2 is 1.48 bits per heavy atom. The number of sulfonamides is 1. The second-order valence-electron chi connectivity index (χ2n) is 9.31. The minimum Gasteiger partial charge on any atom is -0.342 e. The monoisotopic (exact) mass is 420 g/mol. The zero-order chi connectivity index (χ0) is 21.2. The third-order valence-electron chi connectivity index (χ3n) is 5.91. The molecule has 0 aliphatic heterocycles. The number of nitrogens with one attached hydrogen (secondary N) is 2. The van der Waals surface area contributed by atoms with Crippen LogP contribution in [0.25, 0.3) is 0 Å². The average molecular weight is 421 g/mol. The molecule has 2 fully saturated rings. The van der Waals surface area contributed by atoms with Gasteiger partial charge in [0.05, 0.1) is 4.75 Å². The number of carbonyl (C=O) groups is 2. The fourth-order valence-electron chi connectivity index (χ4n) is 3.70. The van der Waals surface area contributed by atoms with Crippen LogP contribution in [0.1, 0.15) is 70.9 Å². The highest BCUT2D eigenvalue weighted by molar-refractivity contribution is 7.90. The van der Waals surface area contributed by atoms with Gasteiger partial charge in [0.1, 0.15) is 6.04 Å². The van der Waals surface area contributed by atoms with E-state index >= 15 is 0 Å². The highest BCUT2D eigenvalue weighted by atomic mass is 32.2. The summed E-state index contributed by atoms with van der Waals surface area (Å²) in [6.07, 6.45) is 4.28. The maximum absolute atomic E-state index is 12.9. The van der Waals surface area contributed by atoms with Gasteiger partial charge in [-0.3, -0.25) is 9.59 Å². The maximum Gasteiger partial charge on any atom is 0.223 e. The molecule has 29 heavy (non-hydrogen) atoms. The first-order valence-electron chi connectivity index (χ1n) is 10.5. The smallest absolute Gasteiger partial charge is 0.223 e.